The van der Waals surface area contributed by atoms with Crippen molar-refractivity contribution in [2.75, 3.05) is 31.5 Å². The predicted octanol–water partition coefficient (Wildman–Crippen LogP) is 2.57. The van der Waals surface area contributed by atoms with E-state index in [1.165, 1.54) is 0 Å². The third-order valence-corrected chi connectivity index (χ3v) is 6.50. The molecule has 30 heavy (non-hydrogen) atoms. The van der Waals surface area contributed by atoms with Gasteiger partial charge in [0.15, 0.2) is 0 Å². The Kier molecular flexibility index (Phi) is 6.08. The van der Waals surface area contributed by atoms with E-state index in [1.807, 2.05) is 36.1 Å². The lowest BCUT2D eigenvalue weighted by atomic mass is 9.96. The van der Waals surface area contributed by atoms with Crippen LogP contribution < -0.4 is 5.32 Å². The Morgan fingerprint density at radius 1 is 0.967 bits per heavy atom. The zero-order valence-electron chi connectivity index (χ0n) is 17.0. The summed E-state index contributed by atoms with van der Waals surface area (Å²) in [6.07, 6.45) is 3.70. The van der Waals surface area contributed by atoms with Crippen molar-refractivity contribution in [2.24, 2.45) is 5.92 Å². The first-order chi connectivity index (χ1) is 14.5. The van der Waals surface area contributed by atoms with Crippen molar-refractivity contribution in [3.63, 3.8) is 0 Å². The van der Waals surface area contributed by atoms with E-state index in [-0.39, 0.29) is 27.7 Å². The summed E-state index contributed by atoms with van der Waals surface area (Å²) in [6.45, 7) is 4.60. The highest BCUT2D eigenvalue weighted by Gasteiger charge is 2.33. The van der Waals surface area contributed by atoms with Crippen LogP contribution in [0, 0.1) is 12.8 Å². The van der Waals surface area contributed by atoms with Gasteiger partial charge >= 0.3 is 0 Å². The highest BCUT2D eigenvalue weighted by Crippen LogP contribution is 2.23. The molecule has 8 nitrogen and oxygen atoms in total. The van der Waals surface area contributed by atoms with E-state index >= 15 is 0 Å². The summed E-state index contributed by atoms with van der Waals surface area (Å²) >= 11 is 0.979. The Labute approximate surface area is 179 Å². The SMILES string of the molecule is Cc1ccc(NC(=O)c2nnc(C(=O)N3CCC[C@H](C(=O)N4CCCC4)C3)s2)cc1. The zero-order chi connectivity index (χ0) is 21.1. The summed E-state index contributed by atoms with van der Waals surface area (Å²) in [5.41, 5.74) is 1.76. The van der Waals surface area contributed by atoms with Crippen LogP contribution in [-0.2, 0) is 4.79 Å². The molecule has 4 rings (SSSR count). The van der Waals surface area contributed by atoms with Gasteiger partial charge in [0.05, 0.1) is 5.92 Å². The third kappa shape index (κ3) is 4.51. The molecule has 2 saturated heterocycles. The van der Waals surface area contributed by atoms with Crippen LogP contribution in [0.1, 0.15) is 50.9 Å². The third-order valence-electron chi connectivity index (χ3n) is 5.59. The van der Waals surface area contributed by atoms with Gasteiger partial charge in [-0.15, -0.1) is 10.2 Å². The molecule has 0 unspecified atom stereocenters. The van der Waals surface area contributed by atoms with Gasteiger partial charge in [-0.3, -0.25) is 14.4 Å². The molecule has 2 aliphatic rings. The second-order valence-electron chi connectivity index (χ2n) is 7.86. The van der Waals surface area contributed by atoms with Gasteiger partial charge in [-0.2, -0.15) is 0 Å². The molecule has 9 heteroatoms. The Hall–Kier alpha value is -2.81. The number of amides is 3. The van der Waals surface area contributed by atoms with Gasteiger partial charge in [0.2, 0.25) is 15.9 Å². The first kappa shape index (κ1) is 20.5. The van der Waals surface area contributed by atoms with E-state index in [9.17, 15) is 14.4 Å². The van der Waals surface area contributed by atoms with E-state index in [0.717, 1.165) is 55.7 Å². The van der Waals surface area contributed by atoms with Gasteiger partial charge in [-0.25, -0.2) is 0 Å². The normalized spacial score (nSPS) is 19.0. The van der Waals surface area contributed by atoms with Gasteiger partial charge in [0, 0.05) is 31.9 Å². The maximum Gasteiger partial charge on any atom is 0.286 e. The van der Waals surface area contributed by atoms with Crippen molar-refractivity contribution >= 4 is 34.7 Å². The number of rotatable bonds is 4. The molecule has 3 heterocycles. The summed E-state index contributed by atoms with van der Waals surface area (Å²) in [5, 5.41) is 10.9. The van der Waals surface area contributed by atoms with Crippen LogP contribution in [0.3, 0.4) is 0 Å². The summed E-state index contributed by atoms with van der Waals surface area (Å²) < 4.78 is 0. The molecule has 2 aliphatic heterocycles. The smallest absolute Gasteiger partial charge is 0.286 e. The average Bonchev–Trinajstić information content (AvgIpc) is 3.47. The molecule has 0 saturated carbocycles. The highest BCUT2D eigenvalue weighted by atomic mass is 32.1. The number of piperidine rings is 1. The summed E-state index contributed by atoms with van der Waals surface area (Å²) in [4.78, 5) is 41.6. The van der Waals surface area contributed by atoms with E-state index in [1.54, 1.807) is 4.90 Å². The van der Waals surface area contributed by atoms with E-state index < -0.39 is 5.91 Å². The molecule has 0 aliphatic carbocycles. The van der Waals surface area contributed by atoms with Gasteiger partial charge in [0.25, 0.3) is 11.8 Å². The highest BCUT2D eigenvalue weighted by molar-refractivity contribution is 7.15. The Bertz CT molecular complexity index is 936. The number of aryl methyl sites for hydroxylation is 1. The van der Waals surface area contributed by atoms with Crippen molar-refractivity contribution in [2.45, 2.75) is 32.6 Å². The first-order valence-corrected chi connectivity index (χ1v) is 11.1. The summed E-state index contributed by atoms with van der Waals surface area (Å²) in [7, 11) is 0. The molecule has 3 amide bonds. The zero-order valence-corrected chi connectivity index (χ0v) is 17.8. The monoisotopic (exact) mass is 427 g/mol. The maximum absolute atomic E-state index is 12.9. The Morgan fingerprint density at radius 2 is 1.63 bits per heavy atom. The van der Waals surface area contributed by atoms with Crippen molar-refractivity contribution in [3.05, 3.63) is 39.8 Å². The molecule has 1 aromatic carbocycles. The lowest BCUT2D eigenvalue weighted by Crippen LogP contribution is -2.46. The molecular weight excluding hydrogens is 402 g/mol. The standard InChI is InChI=1S/C21H25N5O3S/c1-14-6-8-16(9-7-14)22-17(27)18-23-24-19(30-18)21(29)26-12-4-5-15(13-26)20(28)25-10-2-3-11-25/h6-9,15H,2-5,10-13H2,1H3,(H,22,27)/t15-/m0/s1. The number of hydrogen-bond acceptors (Lipinski definition) is 6. The largest absolute Gasteiger partial charge is 0.342 e. The van der Waals surface area contributed by atoms with Crippen molar-refractivity contribution in [3.8, 4) is 0 Å². The maximum atomic E-state index is 12.9. The van der Waals surface area contributed by atoms with Crippen LogP contribution in [0.4, 0.5) is 5.69 Å². The van der Waals surface area contributed by atoms with Gasteiger partial charge < -0.3 is 15.1 Å². The number of nitrogens with zero attached hydrogens (tertiary/aromatic N) is 4. The molecule has 0 spiro atoms. The summed E-state index contributed by atoms with van der Waals surface area (Å²) in [5.74, 6) is -0.657. The molecule has 0 bridgehead atoms. The molecule has 2 fully saturated rings. The number of aromatic nitrogens is 2. The molecule has 0 radical (unpaired) electrons. The molecule has 1 N–H and O–H groups in total. The minimum Gasteiger partial charge on any atom is -0.342 e. The van der Waals surface area contributed by atoms with Crippen LogP contribution in [0.5, 0.6) is 0 Å². The Morgan fingerprint density at radius 3 is 2.37 bits per heavy atom. The molecule has 158 valence electrons. The van der Waals surface area contributed by atoms with E-state index in [4.69, 9.17) is 0 Å². The van der Waals surface area contributed by atoms with Gasteiger partial charge in [-0.1, -0.05) is 29.0 Å². The minimum atomic E-state index is -0.392. The molecule has 2 aromatic rings. The number of nitrogens with one attached hydrogen (secondary N) is 1. The lowest BCUT2D eigenvalue weighted by molar-refractivity contribution is -0.135. The van der Waals surface area contributed by atoms with E-state index in [0.29, 0.717) is 18.8 Å². The predicted molar refractivity (Wildman–Crippen MR) is 113 cm³/mol. The lowest BCUT2D eigenvalue weighted by Gasteiger charge is -2.33. The minimum absolute atomic E-state index is 0.139. The van der Waals surface area contributed by atoms with Crippen LogP contribution in [0.2, 0.25) is 0 Å². The first-order valence-electron chi connectivity index (χ1n) is 10.3. The fraction of sp³-hybridized carbons (Fsp3) is 0.476. The second-order valence-corrected chi connectivity index (χ2v) is 8.83. The molecule has 1 aromatic heterocycles. The average molecular weight is 428 g/mol. The van der Waals surface area contributed by atoms with Crippen LogP contribution in [0.25, 0.3) is 0 Å². The van der Waals surface area contributed by atoms with Gasteiger partial charge in [0.1, 0.15) is 0 Å². The number of carbonyl (C=O) groups excluding carboxylic acids is 3. The molecular formula is C21H25N5O3S. The quantitative estimate of drug-likeness (QED) is 0.809. The molecule has 1 atom stereocenters. The van der Waals surface area contributed by atoms with E-state index in [2.05, 4.69) is 15.5 Å². The second kappa shape index (κ2) is 8.91. The van der Waals surface area contributed by atoms with Crippen LogP contribution in [0.15, 0.2) is 24.3 Å². The number of hydrogen-bond donors (Lipinski definition) is 1. The fourth-order valence-electron chi connectivity index (χ4n) is 3.92. The van der Waals surface area contributed by atoms with Gasteiger partial charge in [-0.05, 0) is 44.7 Å². The fourth-order valence-corrected chi connectivity index (χ4v) is 4.62. The van der Waals surface area contributed by atoms with Crippen LogP contribution in [-0.4, -0.2) is 63.9 Å². The van der Waals surface area contributed by atoms with Crippen molar-refractivity contribution < 1.29 is 14.4 Å². The Balaban J connectivity index is 1.38. The van der Waals surface area contributed by atoms with Crippen LogP contribution >= 0.6 is 11.3 Å². The number of anilines is 1. The van der Waals surface area contributed by atoms with Crippen molar-refractivity contribution in [1.82, 2.24) is 20.0 Å². The summed E-state index contributed by atoms with van der Waals surface area (Å²) in [6, 6.07) is 7.43. The topological polar surface area (TPSA) is 95.5 Å². The number of benzene rings is 1. The number of carbonyl (C=O) groups is 3. The van der Waals surface area contributed by atoms with Crippen molar-refractivity contribution in [1.29, 1.82) is 0 Å². The number of likely N-dealkylation sites (tertiary alicyclic amines) is 2.